The third-order valence-corrected chi connectivity index (χ3v) is 0.981. The summed E-state index contributed by atoms with van der Waals surface area (Å²) in [4.78, 5) is 20.8. The Hall–Kier alpha value is -1.18. The number of carbonyl (C=O) groups is 2. The van der Waals surface area contributed by atoms with Gasteiger partial charge in [0.2, 0.25) is 0 Å². The first-order valence-electron chi connectivity index (χ1n) is 2.17. The Morgan fingerprint density at radius 1 is 1.25 bits per heavy atom. The molecule has 0 N–H and O–H groups in total. The van der Waals surface area contributed by atoms with Crippen molar-refractivity contribution in [2.75, 3.05) is 0 Å². The van der Waals surface area contributed by atoms with Gasteiger partial charge in [-0.1, -0.05) is 0 Å². The van der Waals surface area contributed by atoms with E-state index < -0.39 is 0 Å². The fourth-order valence-corrected chi connectivity index (χ4v) is 0.474. The zero-order chi connectivity index (χ0) is 6.15. The van der Waals surface area contributed by atoms with Crippen LogP contribution in [0.3, 0.4) is 0 Å². The van der Waals surface area contributed by atoms with Gasteiger partial charge in [-0.05, 0) is 0 Å². The minimum Gasteiger partial charge on any atom is -0.315 e. The molecular formula is C6H4O2. The fraction of sp³-hybridized carbons (Fsp3) is 0. The average molecular weight is 108 g/mol. The van der Waals surface area contributed by atoms with E-state index in [0.717, 1.165) is 0 Å². The maximum atomic E-state index is 10.4. The third kappa shape index (κ3) is 0.503. The zero-order valence-corrected chi connectivity index (χ0v) is 4.18. The van der Waals surface area contributed by atoms with Gasteiger partial charge < -0.3 is 9.59 Å². The first kappa shape index (κ1) is 4.97. The molecule has 2 nitrogen and oxygen atoms in total. The van der Waals surface area contributed by atoms with Crippen LogP contribution in [0.4, 0.5) is 0 Å². The quantitative estimate of drug-likeness (QED) is 0.412. The van der Waals surface area contributed by atoms with Crippen LogP contribution in [0.15, 0.2) is 12.2 Å². The molecule has 0 spiro atoms. The number of carbonyl (C=O) groups excluding carboxylic acids is 2. The first-order valence-corrected chi connectivity index (χ1v) is 2.17. The molecule has 2 heteroatoms. The zero-order valence-electron chi connectivity index (χ0n) is 4.18. The maximum Gasteiger partial charge on any atom is 0.113 e. The standard InChI is InChI=1S/C6H4O2/c1-4-5(7)2-3-6(4)8/h2-3H,1H2. The van der Waals surface area contributed by atoms with Crippen LogP contribution < -0.4 is 0 Å². The SMILES string of the molecule is [CH2+][C-]1C(=O)C=CC1=O. The second kappa shape index (κ2) is 1.40. The highest BCUT2D eigenvalue weighted by atomic mass is 16.2. The first-order chi connectivity index (χ1) is 3.72. The van der Waals surface area contributed by atoms with Crippen molar-refractivity contribution in [1.29, 1.82) is 0 Å². The highest BCUT2D eigenvalue weighted by molar-refractivity contribution is 6.30. The lowest BCUT2D eigenvalue weighted by Crippen LogP contribution is -2.07. The summed E-state index contributed by atoms with van der Waals surface area (Å²) in [7, 11) is 0. The van der Waals surface area contributed by atoms with Crippen LogP contribution in [0.1, 0.15) is 0 Å². The van der Waals surface area contributed by atoms with Crippen LogP contribution in [-0.2, 0) is 9.59 Å². The van der Waals surface area contributed by atoms with Crippen molar-refractivity contribution in [3.8, 4) is 0 Å². The van der Waals surface area contributed by atoms with Gasteiger partial charge in [0.15, 0.2) is 0 Å². The van der Waals surface area contributed by atoms with Crippen molar-refractivity contribution >= 4 is 11.6 Å². The Morgan fingerprint density at radius 3 is 1.75 bits per heavy atom. The third-order valence-electron chi connectivity index (χ3n) is 0.981. The Bertz CT molecular complexity index is 149. The molecular weight excluding hydrogens is 104 g/mol. The van der Waals surface area contributed by atoms with Gasteiger partial charge in [-0.15, -0.1) is 0 Å². The molecule has 0 saturated carbocycles. The van der Waals surface area contributed by atoms with Gasteiger partial charge in [-0.2, -0.15) is 12.2 Å². The van der Waals surface area contributed by atoms with Crippen molar-refractivity contribution in [3.63, 3.8) is 0 Å². The minimum absolute atomic E-state index is 0.0741. The van der Waals surface area contributed by atoms with Gasteiger partial charge in [0.1, 0.15) is 17.5 Å². The Balaban J connectivity index is 2.84. The summed E-state index contributed by atoms with van der Waals surface area (Å²) in [5.74, 6) is -0.463. The van der Waals surface area contributed by atoms with Gasteiger partial charge in [0.25, 0.3) is 0 Å². The summed E-state index contributed by atoms with van der Waals surface area (Å²) >= 11 is 0. The van der Waals surface area contributed by atoms with Crippen molar-refractivity contribution in [3.05, 3.63) is 25.0 Å². The lowest BCUT2D eigenvalue weighted by atomic mass is 10.1. The van der Waals surface area contributed by atoms with Gasteiger partial charge >= 0.3 is 0 Å². The monoisotopic (exact) mass is 108 g/mol. The molecule has 0 heterocycles. The van der Waals surface area contributed by atoms with E-state index in [1.165, 1.54) is 12.2 Å². The van der Waals surface area contributed by atoms with Crippen LogP contribution >= 0.6 is 0 Å². The van der Waals surface area contributed by atoms with Crippen molar-refractivity contribution in [1.82, 2.24) is 0 Å². The minimum atomic E-state index is -0.269. The molecule has 1 rings (SSSR count). The predicted molar refractivity (Wildman–Crippen MR) is 27.8 cm³/mol. The van der Waals surface area contributed by atoms with Gasteiger partial charge in [0, 0.05) is 6.92 Å². The fourth-order valence-electron chi connectivity index (χ4n) is 0.474. The van der Waals surface area contributed by atoms with E-state index >= 15 is 0 Å². The Morgan fingerprint density at radius 2 is 1.62 bits per heavy atom. The van der Waals surface area contributed by atoms with Crippen LogP contribution in [0.25, 0.3) is 0 Å². The van der Waals surface area contributed by atoms with Crippen LogP contribution in [0.5, 0.6) is 0 Å². The van der Waals surface area contributed by atoms with E-state index in [1.807, 2.05) is 0 Å². The summed E-state index contributed by atoms with van der Waals surface area (Å²) < 4.78 is 0. The van der Waals surface area contributed by atoms with Gasteiger partial charge in [0.05, 0.1) is 0 Å². The number of rotatable bonds is 0. The molecule has 0 aliphatic heterocycles. The largest absolute Gasteiger partial charge is 0.315 e. The normalized spacial score (nSPS) is 18.2. The van der Waals surface area contributed by atoms with Gasteiger partial charge in [-0.25, -0.2) is 0 Å². The molecule has 0 radical (unpaired) electrons. The maximum absolute atomic E-state index is 10.4. The van der Waals surface area contributed by atoms with Crippen LogP contribution in [0.2, 0.25) is 0 Å². The van der Waals surface area contributed by atoms with E-state index in [9.17, 15) is 9.59 Å². The van der Waals surface area contributed by atoms with E-state index in [4.69, 9.17) is 0 Å². The molecule has 0 aromatic carbocycles. The van der Waals surface area contributed by atoms with Crippen LogP contribution in [0, 0.1) is 12.8 Å². The van der Waals surface area contributed by atoms with Crippen LogP contribution in [-0.4, -0.2) is 11.6 Å². The highest BCUT2D eigenvalue weighted by Gasteiger charge is 2.18. The molecule has 0 unspecified atom stereocenters. The number of hydrogen-bond donors (Lipinski definition) is 0. The van der Waals surface area contributed by atoms with E-state index in [2.05, 4.69) is 6.92 Å². The van der Waals surface area contributed by atoms with E-state index in [0.29, 0.717) is 0 Å². The molecule has 0 fully saturated rings. The molecule has 8 heavy (non-hydrogen) atoms. The van der Waals surface area contributed by atoms with Crippen molar-refractivity contribution in [2.24, 2.45) is 0 Å². The summed E-state index contributed by atoms with van der Waals surface area (Å²) in [6.45, 7) is 3.25. The van der Waals surface area contributed by atoms with E-state index in [1.54, 1.807) is 0 Å². The summed E-state index contributed by atoms with van der Waals surface area (Å²) in [6, 6.07) is 0. The van der Waals surface area contributed by atoms with E-state index in [-0.39, 0.29) is 17.5 Å². The molecule has 0 amide bonds. The number of ketones is 2. The molecule has 0 bridgehead atoms. The Kier molecular flexibility index (Phi) is 0.870. The second-order valence-electron chi connectivity index (χ2n) is 1.54. The van der Waals surface area contributed by atoms with Gasteiger partial charge in [-0.3, -0.25) is 0 Å². The topological polar surface area (TPSA) is 34.1 Å². The molecule has 1 aliphatic rings. The molecule has 0 atom stereocenters. The predicted octanol–water partition coefficient (Wildman–Crippen LogP) is 0.103. The molecule has 40 valence electrons. The summed E-state index contributed by atoms with van der Waals surface area (Å²) in [6.07, 6.45) is 2.45. The molecule has 1 aliphatic carbocycles. The number of hydrogen-bond acceptors (Lipinski definition) is 2. The summed E-state index contributed by atoms with van der Waals surface area (Å²) in [5, 5.41) is 0. The molecule has 0 aromatic rings. The van der Waals surface area contributed by atoms with Crippen molar-refractivity contribution < 1.29 is 9.59 Å². The lowest BCUT2D eigenvalue weighted by molar-refractivity contribution is -0.117. The molecule has 0 saturated heterocycles. The molecule has 0 aromatic heterocycles. The smallest absolute Gasteiger partial charge is 0.113 e. The lowest BCUT2D eigenvalue weighted by Gasteiger charge is -1.92. The summed E-state index contributed by atoms with van der Waals surface area (Å²) in [5.41, 5.74) is 0. The second-order valence-corrected chi connectivity index (χ2v) is 1.54. The average Bonchev–Trinajstić information content (AvgIpc) is 1.98. The Labute approximate surface area is 47.2 Å². The highest BCUT2D eigenvalue weighted by Crippen LogP contribution is 2.09. The number of allylic oxidation sites excluding steroid dienone is 2. The van der Waals surface area contributed by atoms with Crippen molar-refractivity contribution in [2.45, 2.75) is 0 Å².